The highest BCUT2D eigenvalue weighted by Crippen LogP contribution is 2.47. The summed E-state index contributed by atoms with van der Waals surface area (Å²) in [6, 6.07) is 0.0709. The smallest absolute Gasteiger partial charge is 0.262 e. The van der Waals surface area contributed by atoms with Gasteiger partial charge in [0.2, 0.25) is 12.3 Å². The molecule has 5 rings (SSSR count). The second-order valence-corrected chi connectivity index (χ2v) is 7.99. The summed E-state index contributed by atoms with van der Waals surface area (Å²) >= 11 is 0. The molecular formula is C18H21FN6O2. The quantitative estimate of drug-likeness (QED) is 0.758. The van der Waals surface area contributed by atoms with E-state index >= 15 is 0 Å². The third-order valence-corrected chi connectivity index (χ3v) is 6.14. The third-order valence-electron chi connectivity index (χ3n) is 6.14. The molecule has 0 aromatic carbocycles. The molecule has 0 saturated heterocycles. The molecule has 1 N–H and O–H groups in total. The second-order valence-electron chi connectivity index (χ2n) is 7.99. The van der Waals surface area contributed by atoms with E-state index in [1.54, 1.807) is 13.1 Å². The Hall–Kier alpha value is -2.58. The number of rotatable bonds is 3. The molecule has 2 aliphatic rings. The maximum atomic E-state index is 14.1. The lowest BCUT2D eigenvalue weighted by molar-refractivity contribution is 0.103. The maximum Gasteiger partial charge on any atom is 0.262 e. The third kappa shape index (κ3) is 2.76. The van der Waals surface area contributed by atoms with Gasteiger partial charge in [-0.2, -0.15) is 5.10 Å². The number of aromatic nitrogens is 6. The molecule has 3 heterocycles. The van der Waals surface area contributed by atoms with E-state index in [9.17, 15) is 9.18 Å². The van der Waals surface area contributed by atoms with Crippen LogP contribution >= 0.6 is 0 Å². The molecule has 0 bridgehead atoms. The van der Waals surface area contributed by atoms with Crippen LogP contribution in [0.15, 0.2) is 21.8 Å². The number of hydrogen-bond acceptors (Lipinski definition) is 6. The van der Waals surface area contributed by atoms with E-state index in [-0.39, 0.29) is 23.4 Å². The van der Waals surface area contributed by atoms with Crippen molar-refractivity contribution in [2.45, 2.75) is 69.0 Å². The van der Waals surface area contributed by atoms with Gasteiger partial charge >= 0.3 is 0 Å². The number of fused-ring (bicyclic) bond motifs is 1. The van der Waals surface area contributed by atoms with Gasteiger partial charge in [0.1, 0.15) is 16.9 Å². The van der Waals surface area contributed by atoms with Gasteiger partial charge in [-0.3, -0.25) is 4.79 Å². The molecule has 3 aromatic heterocycles. The summed E-state index contributed by atoms with van der Waals surface area (Å²) < 4.78 is 21.3. The Bertz CT molecular complexity index is 1010. The summed E-state index contributed by atoms with van der Waals surface area (Å²) in [5.41, 5.74) is -0.723. The first-order valence-electron chi connectivity index (χ1n) is 9.44. The number of H-pyrrole nitrogens is 1. The molecule has 0 unspecified atom stereocenters. The zero-order chi connectivity index (χ0) is 18.6. The average molecular weight is 372 g/mol. The molecule has 2 atom stereocenters. The maximum absolute atomic E-state index is 14.1. The molecule has 0 spiro atoms. The molecule has 0 amide bonds. The van der Waals surface area contributed by atoms with Crippen LogP contribution in [0.5, 0.6) is 0 Å². The van der Waals surface area contributed by atoms with Crippen molar-refractivity contribution in [3.8, 4) is 0 Å². The first-order chi connectivity index (χ1) is 13.0. The average Bonchev–Trinajstić information content (AvgIpc) is 3.24. The monoisotopic (exact) mass is 372 g/mol. The van der Waals surface area contributed by atoms with Crippen LogP contribution in [-0.4, -0.2) is 35.6 Å². The normalized spacial score (nSPS) is 31.1. The Morgan fingerprint density at radius 2 is 2.04 bits per heavy atom. The van der Waals surface area contributed by atoms with Crippen LogP contribution in [0.25, 0.3) is 11.0 Å². The summed E-state index contributed by atoms with van der Waals surface area (Å²) in [5, 5.41) is 12.6. The Morgan fingerprint density at radius 3 is 2.70 bits per heavy atom. The van der Waals surface area contributed by atoms with Crippen LogP contribution in [0.4, 0.5) is 4.39 Å². The Labute approximate surface area is 154 Å². The molecule has 142 valence electrons. The SMILES string of the molecule is CC1(F)CCC(n2ncc3c(=O)[nH]c([C@@H]4CC[C@H]4c4nnco4)nc32)CC1. The summed E-state index contributed by atoms with van der Waals surface area (Å²) in [6.07, 6.45) is 7.09. The minimum absolute atomic E-state index is 0.0476. The van der Waals surface area contributed by atoms with Crippen LogP contribution in [0.3, 0.4) is 0 Å². The highest BCUT2D eigenvalue weighted by atomic mass is 19.1. The highest BCUT2D eigenvalue weighted by Gasteiger charge is 2.39. The fraction of sp³-hybridized carbons (Fsp3) is 0.611. The predicted octanol–water partition coefficient (Wildman–Crippen LogP) is 3.01. The number of halogens is 1. The van der Waals surface area contributed by atoms with Crippen molar-refractivity contribution in [1.82, 2.24) is 29.9 Å². The topological polar surface area (TPSA) is 102 Å². The van der Waals surface area contributed by atoms with Crippen molar-refractivity contribution in [3.63, 3.8) is 0 Å². The van der Waals surface area contributed by atoms with Gasteiger partial charge in [0.25, 0.3) is 5.56 Å². The van der Waals surface area contributed by atoms with E-state index in [0.29, 0.717) is 48.4 Å². The lowest BCUT2D eigenvalue weighted by Crippen LogP contribution is -2.29. The molecule has 2 saturated carbocycles. The Balaban J connectivity index is 1.50. The number of aromatic amines is 1. The minimum Gasteiger partial charge on any atom is -0.428 e. The van der Waals surface area contributed by atoms with Gasteiger partial charge in [0.05, 0.1) is 12.2 Å². The molecule has 27 heavy (non-hydrogen) atoms. The number of nitrogens with one attached hydrogen (secondary N) is 1. The van der Waals surface area contributed by atoms with Crippen molar-refractivity contribution in [1.29, 1.82) is 0 Å². The van der Waals surface area contributed by atoms with Crippen LogP contribution in [0.1, 0.15) is 75.0 Å². The molecular weight excluding hydrogens is 351 g/mol. The Morgan fingerprint density at radius 1 is 1.26 bits per heavy atom. The lowest BCUT2D eigenvalue weighted by Gasteiger charge is -2.33. The van der Waals surface area contributed by atoms with Crippen LogP contribution in [-0.2, 0) is 0 Å². The molecule has 0 radical (unpaired) electrons. The van der Waals surface area contributed by atoms with E-state index in [0.717, 1.165) is 12.8 Å². The van der Waals surface area contributed by atoms with Crippen LogP contribution in [0.2, 0.25) is 0 Å². The first kappa shape index (κ1) is 16.6. The van der Waals surface area contributed by atoms with E-state index in [2.05, 4.69) is 20.3 Å². The summed E-state index contributed by atoms with van der Waals surface area (Å²) in [6.45, 7) is 1.65. The van der Waals surface area contributed by atoms with Crippen molar-refractivity contribution in [2.75, 3.05) is 0 Å². The zero-order valence-corrected chi connectivity index (χ0v) is 15.1. The van der Waals surface area contributed by atoms with Crippen LogP contribution in [0, 0.1) is 0 Å². The summed E-state index contributed by atoms with van der Waals surface area (Å²) in [7, 11) is 0. The van der Waals surface area contributed by atoms with Crippen molar-refractivity contribution in [3.05, 3.63) is 34.7 Å². The molecule has 9 heteroatoms. The molecule has 2 fully saturated rings. The molecule has 8 nitrogen and oxygen atoms in total. The first-order valence-corrected chi connectivity index (χ1v) is 9.44. The molecule has 2 aliphatic carbocycles. The van der Waals surface area contributed by atoms with Gasteiger partial charge in [-0.25, -0.2) is 14.1 Å². The van der Waals surface area contributed by atoms with Gasteiger partial charge < -0.3 is 9.40 Å². The minimum atomic E-state index is -1.11. The number of hydrogen-bond donors (Lipinski definition) is 1. The molecule has 0 aliphatic heterocycles. The van der Waals surface area contributed by atoms with Gasteiger partial charge in [-0.05, 0) is 45.4 Å². The van der Waals surface area contributed by atoms with Gasteiger partial charge in [-0.15, -0.1) is 10.2 Å². The van der Waals surface area contributed by atoms with Gasteiger partial charge in [0.15, 0.2) is 5.65 Å². The fourth-order valence-corrected chi connectivity index (χ4v) is 4.31. The number of nitrogens with zero attached hydrogens (tertiary/aromatic N) is 5. The van der Waals surface area contributed by atoms with E-state index < -0.39 is 5.67 Å². The lowest BCUT2D eigenvalue weighted by atomic mass is 9.73. The predicted molar refractivity (Wildman–Crippen MR) is 94.2 cm³/mol. The van der Waals surface area contributed by atoms with E-state index in [4.69, 9.17) is 9.40 Å². The Kier molecular flexibility index (Phi) is 3.66. The highest BCUT2D eigenvalue weighted by molar-refractivity contribution is 5.73. The van der Waals surface area contributed by atoms with Crippen molar-refractivity contribution < 1.29 is 8.81 Å². The summed E-state index contributed by atoms with van der Waals surface area (Å²) in [4.78, 5) is 20.2. The fourth-order valence-electron chi connectivity index (χ4n) is 4.31. The second kappa shape index (κ2) is 5.97. The van der Waals surface area contributed by atoms with Crippen LogP contribution < -0.4 is 5.56 Å². The molecule has 3 aromatic rings. The zero-order valence-electron chi connectivity index (χ0n) is 15.1. The van der Waals surface area contributed by atoms with E-state index in [1.807, 2.05) is 4.68 Å². The van der Waals surface area contributed by atoms with Gasteiger partial charge in [0, 0.05) is 11.8 Å². The van der Waals surface area contributed by atoms with Gasteiger partial charge in [-0.1, -0.05) is 0 Å². The standard InChI is InChI=1S/C18H21FN6O2/c1-18(19)6-4-10(5-7-18)25-15-13(8-21-25)16(26)23-14(22-15)11-2-3-12(11)17-24-20-9-27-17/h8-12H,2-7H2,1H3,(H,22,23,26)/t10?,11-,12-,18?/m1/s1. The number of alkyl halides is 1. The largest absolute Gasteiger partial charge is 0.428 e. The van der Waals surface area contributed by atoms with Crippen molar-refractivity contribution >= 4 is 11.0 Å². The summed E-state index contributed by atoms with van der Waals surface area (Å²) in [5.74, 6) is 1.34. The van der Waals surface area contributed by atoms with E-state index in [1.165, 1.54) is 6.39 Å². The van der Waals surface area contributed by atoms with Crippen molar-refractivity contribution in [2.24, 2.45) is 0 Å².